The molecule has 2 N–H and O–H groups in total. The predicted molar refractivity (Wildman–Crippen MR) is 138 cm³/mol. The van der Waals surface area contributed by atoms with Crippen LogP contribution in [0.25, 0.3) is 10.8 Å². The minimum Gasteiger partial charge on any atom is -0.391 e. The second-order valence-electron chi connectivity index (χ2n) is 8.83. The van der Waals surface area contributed by atoms with E-state index in [2.05, 4.69) is 69.7 Å². The highest BCUT2D eigenvalue weighted by Crippen LogP contribution is 2.23. The molecular weight excluding hydrogens is 430 g/mol. The van der Waals surface area contributed by atoms with Crippen LogP contribution < -0.4 is 10.0 Å². The molecule has 6 heteroatoms. The van der Waals surface area contributed by atoms with Crippen molar-refractivity contribution in [1.82, 2.24) is 10.2 Å². The van der Waals surface area contributed by atoms with Gasteiger partial charge in [-0.15, -0.1) is 0 Å². The molecule has 0 atom stereocenters. The Morgan fingerprint density at radius 1 is 0.970 bits per heavy atom. The fourth-order valence-electron chi connectivity index (χ4n) is 4.37. The molecule has 0 radical (unpaired) electrons. The van der Waals surface area contributed by atoms with Crippen molar-refractivity contribution < 1.29 is 8.42 Å². The number of nitrogens with one attached hydrogen (secondary N) is 2. The third kappa shape index (κ3) is 7.07. The van der Waals surface area contributed by atoms with Gasteiger partial charge < -0.3 is 5.32 Å². The van der Waals surface area contributed by atoms with E-state index in [1.165, 1.54) is 33.7 Å². The van der Waals surface area contributed by atoms with Gasteiger partial charge in [-0.3, -0.25) is 9.62 Å². The first-order chi connectivity index (χ1) is 16.0. The van der Waals surface area contributed by atoms with Crippen LogP contribution in [0.3, 0.4) is 0 Å². The maximum Gasteiger partial charge on any atom is 0.229 e. The Morgan fingerprint density at radius 2 is 1.82 bits per heavy atom. The van der Waals surface area contributed by atoms with E-state index in [9.17, 15) is 8.42 Å². The Morgan fingerprint density at radius 3 is 2.67 bits per heavy atom. The summed E-state index contributed by atoms with van der Waals surface area (Å²) in [6.45, 7) is 3.98. The largest absolute Gasteiger partial charge is 0.391 e. The van der Waals surface area contributed by atoms with Crippen LogP contribution in [0, 0.1) is 0 Å². The first-order valence-corrected chi connectivity index (χ1v) is 13.5. The molecule has 5 nitrogen and oxygen atoms in total. The molecule has 1 aliphatic heterocycles. The van der Waals surface area contributed by atoms with E-state index in [1.807, 2.05) is 18.2 Å². The normalized spacial score (nSPS) is 14.5. The number of hydrogen-bond donors (Lipinski definition) is 2. The first-order valence-electron chi connectivity index (χ1n) is 11.6. The second-order valence-corrected chi connectivity index (χ2v) is 10.6. The van der Waals surface area contributed by atoms with Crippen molar-refractivity contribution in [2.24, 2.45) is 0 Å². The molecule has 174 valence electrons. The van der Waals surface area contributed by atoms with Gasteiger partial charge in [-0.2, -0.15) is 0 Å². The Kier molecular flexibility index (Phi) is 7.68. The van der Waals surface area contributed by atoms with Gasteiger partial charge in [-0.05, 0) is 78.0 Å². The van der Waals surface area contributed by atoms with Crippen LogP contribution in [0.4, 0.5) is 5.69 Å². The number of rotatable bonds is 10. The maximum atomic E-state index is 11.5. The molecule has 4 rings (SSSR count). The van der Waals surface area contributed by atoms with Crippen molar-refractivity contribution in [1.29, 1.82) is 0 Å². The molecule has 1 aliphatic rings. The molecule has 0 bridgehead atoms. The molecular formula is C27H33N3O2S. The molecule has 0 aromatic heterocycles. The predicted octanol–water partition coefficient (Wildman–Crippen LogP) is 4.70. The van der Waals surface area contributed by atoms with Crippen molar-refractivity contribution in [2.75, 3.05) is 30.6 Å². The lowest BCUT2D eigenvalue weighted by atomic mass is 9.99. The van der Waals surface area contributed by atoms with E-state index >= 15 is 0 Å². The second kappa shape index (κ2) is 10.9. The van der Waals surface area contributed by atoms with Gasteiger partial charge in [-0.1, -0.05) is 54.6 Å². The number of sulfonamides is 1. The number of anilines is 1. The smallest absolute Gasteiger partial charge is 0.229 e. The third-order valence-corrected chi connectivity index (χ3v) is 6.66. The summed E-state index contributed by atoms with van der Waals surface area (Å²) in [5, 5.41) is 5.99. The van der Waals surface area contributed by atoms with Crippen LogP contribution in [0.1, 0.15) is 29.5 Å². The van der Waals surface area contributed by atoms with E-state index in [-0.39, 0.29) is 0 Å². The molecule has 0 aliphatic carbocycles. The first kappa shape index (κ1) is 23.3. The highest BCUT2D eigenvalue weighted by atomic mass is 32.2. The minimum atomic E-state index is -3.25. The van der Waals surface area contributed by atoms with Gasteiger partial charge in [-0.25, -0.2) is 8.42 Å². The van der Waals surface area contributed by atoms with Gasteiger partial charge in [0.15, 0.2) is 0 Å². The van der Waals surface area contributed by atoms with E-state index in [0.717, 1.165) is 51.9 Å². The minimum absolute atomic E-state index is 0.651. The van der Waals surface area contributed by atoms with Gasteiger partial charge >= 0.3 is 0 Å². The summed E-state index contributed by atoms with van der Waals surface area (Å²) in [6, 6.07) is 21.0. The van der Waals surface area contributed by atoms with E-state index in [1.54, 1.807) is 0 Å². The standard InChI is InChI=1S/C27H33N3O2S/c1-33(31,32)29-27-13-12-24-14-18-30(21-26(24)20-27)17-5-4-15-28-16-6-7-22-10-11-23-8-2-3-9-25(23)19-22/h2-3,6,8-13,16,19-20,28-29H,4-5,7,14-15,17-18,21H2,1H3. The van der Waals surface area contributed by atoms with Crippen LogP contribution in [-0.2, 0) is 29.4 Å². The molecule has 0 fully saturated rings. The summed E-state index contributed by atoms with van der Waals surface area (Å²) in [4.78, 5) is 2.46. The Balaban J connectivity index is 1.14. The Hall–Kier alpha value is -2.83. The number of nitrogens with zero attached hydrogens (tertiary/aromatic N) is 1. The van der Waals surface area contributed by atoms with Crippen molar-refractivity contribution >= 4 is 26.5 Å². The van der Waals surface area contributed by atoms with Crippen molar-refractivity contribution in [2.45, 2.75) is 32.2 Å². The Labute approximate surface area is 197 Å². The van der Waals surface area contributed by atoms with Crippen molar-refractivity contribution in [3.05, 3.63) is 89.6 Å². The molecule has 0 saturated heterocycles. The monoisotopic (exact) mass is 463 g/mol. The van der Waals surface area contributed by atoms with E-state index in [0.29, 0.717) is 5.69 Å². The summed E-state index contributed by atoms with van der Waals surface area (Å²) >= 11 is 0. The van der Waals surface area contributed by atoms with Gasteiger partial charge in [0.1, 0.15) is 0 Å². The summed E-state index contributed by atoms with van der Waals surface area (Å²) < 4.78 is 25.6. The average Bonchev–Trinajstić information content (AvgIpc) is 2.79. The fraction of sp³-hybridized carbons (Fsp3) is 0.333. The van der Waals surface area contributed by atoms with Crippen LogP contribution in [0.2, 0.25) is 0 Å². The number of fused-ring (bicyclic) bond motifs is 2. The van der Waals surface area contributed by atoms with Crippen LogP contribution in [0.5, 0.6) is 0 Å². The van der Waals surface area contributed by atoms with Crippen LogP contribution in [0.15, 0.2) is 72.9 Å². The lowest BCUT2D eigenvalue weighted by molar-refractivity contribution is 0.249. The highest BCUT2D eigenvalue weighted by Gasteiger charge is 2.16. The zero-order chi connectivity index (χ0) is 23.1. The average molecular weight is 464 g/mol. The fourth-order valence-corrected chi connectivity index (χ4v) is 4.93. The van der Waals surface area contributed by atoms with Gasteiger partial charge in [0.2, 0.25) is 10.0 Å². The zero-order valence-corrected chi connectivity index (χ0v) is 20.1. The Bertz CT molecular complexity index is 1220. The number of unbranched alkanes of at least 4 members (excludes halogenated alkanes) is 1. The SMILES string of the molecule is CS(=O)(=O)Nc1ccc2c(c1)CN(CCCCNC=CCc1ccc3ccccc3c1)CC2. The highest BCUT2D eigenvalue weighted by molar-refractivity contribution is 7.92. The number of hydrogen-bond acceptors (Lipinski definition) is 4. The topological polar surface area (TPSA) is 61.4 Å². The van der Waals surface area contributed by atoms with Gasteiger partial charge in [0, 0.05) is 25.3 Å². The number of allylic oxidation sites excluding steroid dienone is 1. The van der Waals surface area contributed by atoms with Crippen molar-refractivity contribution in [3.63, 3.8) is 0 Å². The summed E-state index contributed by atoms with van der Waals surface area (Å²) in [5.74, 6) is 0. The van der Waals surface area contributed by atoms with Crippen LogP contribution >= 0.6 is 0 Å². The van der Waals surface area contributed by atoms with Gasteiger partial charge in [0.25, 0.3) is 0 Å². The van der Waals surface area contributed by atoms with E-state index in [4.69, 9.17) is 0 Å². The number of benzene rings is 3. The quantitative estimate of drug-likeness (QED) is 0.428. The molecule has 0 saturated carbocycles. The molecule has 0 amide bonds. The lowest BCUT2D eigenvalue weighted by Gasteiger charge is -2.29. The maximum absolute atomic E-state index is 11.5. The van der Waals surface area contributed by atoms with Crippen molar-refractivity contribution in [3.8, 4) is 0 Å². The lowest BCUT2D eigenvalue weighted by Crippen LogP contribution is -2.31. The summed E-state index contributed by atoms with van der Waals surface area (Å²) in [6.07, 6.45) is 9.66. The zero-order valence-electron chi connectivity index (χ0n) is 19.3. The molecule has 0 spiro atoms. The molecule has 3 aromatic rings. The summed E-state index contributed by atoms with van der Waals surface area (Å²) in [7, 11) is -3.25. The third-order valence-electron chi connectivity index (χ3n) is 6.05. The van der Waals surface area contributed by atoms with Crippen LogP contribution in [-0.4, -0.2) is 39.2 Å². The van der Waals surface area contributed by atoms with Gasteiger partial charge in [0.05, 0.1) is 6.26 Å². The van der Waals surface area contributed by atoms with E-state index < -0.39 is 10.0 Å². The molecule has 3 aromatic carbocycles. The molecule has 1 heterocycles. The molecule has 0 unspecified atom stereocenters. The summed E-state index contributed by atoms with van der Waals surface area (Å²) in [5.41, 5.74) is 4.53. The molecule has 33 heavy (non-hydrogen) atoms.